The maximum Gasteiger partial charge on any atom is 0.138 e. The molecule has 0 spiro atoms. The minimum atomic E-state index is -0.180. The quantitative estimate of drug-likeness (QED) is 0.713. The zero-order chi connectivity index (χ0) is 9.42. The number of thiophene rings is 1. The molecule has 13 heavy (non-hydrogen) atoms. The van der Waals surface area contributed by atoms with E-state index in [0.717, 1.165) is 16.5 Å². The van der Waals surface area contributed by atoms with Crippen LogP contribution in [0.4, 0.5) is 4.39 Å². The van der Waals surface area contributed by atoms with Gasteiger partial charge in [0.15, 0.2) is 0 Å². The Bertz CT molecular complexity index is 447. The second-order valence-corrected chi connectivity index (χ2v) is 4.55. The van der Waals surface area contributed by atoms with Crippen molar-refractivity contribution < 1.29 is 4.39 Å². The fourth-order valence-corrected chi connectivity index (χ4v) is 3.17. The van der Waals surface area contributed by atoms with Gasteiger partial charge in [-0.3, -0.25) is 0 Å². The maximum atomic E-state index is 13.2. The smallest absolute Gasteiger partial charge is 0.138 e. The van der Waals surface area contributed by atoms with Crippen LogP contribution in [0.5, 0.6) is 0 Å². The predicted octanol–water partition coefficient (Wildman–Crippen LogP) is 4.37. The van der Waals surface area contributed by atoms with Gasteiger partial charge < -0.3 is 0 Å². The molecule has 0 fully saturated rings. The molecule has 0 radical (unpaired) electrons. The van der Waals surface area contributed by atoms with Crippen LogP contribution in [0.25, 0.3) is 10.1 Å². The molecular formula is C10H8BrFS. The highest BCUT2D eigenvalue weighted by Crippen LogP contribution is 2.34. The summed E-state index contributed by atoms with van der Waals surface area (Å²) in [6.07, 6.45) is 0.946. The van der Waals surface area contributed by atoms with Gasteiger partial charge in [0.1, 0.15) is 5.82 Å². The van der Waals surface area contributed by atoms with Crippen molar-refractivity contribution in [3.63, 3.8) is 0 Å². The van der Waals surface area contributed by atoms with Crippen molar-refractivity contribution >= 4 is 37.4 Å². The van der Waals surface area contributed by atoms with E-state index in [4.69, 9.17) is 0 Å². The molecule has 0 nitrogen and oxygen atoms in total. The van der Waals surface area contributed by atoms with Crippen LogP contribution in [0.3, 0.4) is 0 Å². The minimum absolute atomic E-state index is 0.180. The van der Waals surface area contributed by atoms with Crippen LogP contribution >= 0.6 is 27.3 Å². The van der Waals surface area contributed by atoms with Crippen molar-refractivity contribution in [3.05, 3.63) is 33.4 Å². The molecule has 2 rings (SSSR count). The Morgan fingerprint density at radius 1 is 1.46 bits per heavy atom. The first kappa shape index (κ1) is 9.16. The van der Waals surface area contributed by atoms with Gasteiger partial charge >= 0.3 is 0 Å². The van der Waals surface area contributed by atoms with E-state index in [9.17, 15) is 4.39 Å². The van der Waals surface area contributed by atoms with Gasteiger partial charge in [0.2, 0.25) is 0 Å². The summed E-state index contributed by atoms with van der Waals surface area (Å²) in [5, 5.41) is 3.13. The van der Waals surface area contributed by atoms with Crippen molar-refractivity contribution in [1.29, 1.82) is 0 Å². The summed E-state index contributed by atoms with van der Waals surface area (Å²) in [5.41, 5.74) is 1.21. The van der Waals surface area contributed by atoms with Crippen LogP contribution in [0, 0.1) is 5.82 Å². The maximum absolute atomic E-state index is 13.2. The second kappa shape index (κ2) is 3.39. The van der Waals surface area contributed by atoms with Crippen LogP contribution in [-0.2, 0) is 6.42 Å². The van der Waals surface area contributed by atoms with Gasteiger partial charge in [-0.1, -0.05) is 6.92 Å². The van der Waals surface area contributed by atoms with E-state index >= 15 is 0 Å². The zero-order valence-corrected chi connectivity index (χ0v) is 9.51. The molecule has 0 unspecified atom stereocenters. The molecule has 0 saturated heterocycles. The Labute approximate surface area is 88.5 Å². The molecule has 68 valence electrons. The summed E-state index contributed by atoms with van der Waals surface area (Å²) < 4.78 is 14.9. The molecule has 3 heteroatoms. The molecule has 0 saturated carbocycles. The van der Waals surface area contributed by atoms with Gasteiger partial charge in [0, 0.05) is 10.1 Å². The third-order valence-corrected chi connectivity index (χ3v) is 3.86. The fourth-order valence-electron chi connectivity index (χ4n) is 1.38. The fraction of sp³-hybridized carbons (Fsp3) is 0.200. The van der Waals surface area contributed by atoms with Gasteiger partial charge in [-0.25, -0.2) is 4.39 Å². The standard InChI is InChI=1S/C10H8BrFS/c1-2-6-5-13-8-4-3-7(12)10(11)9(6)8/h3-5H,2H2,1H3. The molecule has 0 atom stereocenters. The van der Waals surface area contributed by atoms with Crippen LogP contribution in [0.15, 0.2) is 22.0 Å². The summed E-state index contributed by atoms with van der Waals surface area (Å²) in [6.45, 7) is 2.08. The topological polar surface area (TPSA) is 0 Å². The Morgan fingerprint density at radius 3 is 2.92 bits per heavy atom. The molecule has 0 aliphatic heterocycles. The lowest BCUT2D eigenvalue weighted by atomic mass is 10.1. The number of hydrogen-bond acceptors (Lipinski definition) is 1. The Kier molecular flexibility index (Phi) is 2.39. The number of benzene rings is 1. The van der Waals surface area contributed by atoms with Crippen molar-refractivity contribution in [2.45, 2.75) is 13.3 Å². The molecule has 0 aliphatic rings. The van der Waals surface area contributed by atoms with E-state index < -0.39 is 0 Å². The first-order chi connectivity index (χ1) is 6.24. The lowest BCUT2D eigenvalue weighted by Crippen LogP contribution is -1.81. The number of hydrogen-bond donors (Lipinski definition) is 0. The molecule has 0 N–H and O–H groups in total. The number of rotatable bonds is 1. The van der Waals surface area contributed by atoms with Crippen molar-refractivity contribution in [1.82, 2.24) is 0 Å². The molecular weight excluding hydrogens is 251 g/mol. The third-order valence-electron chi connectivity index (χ3n) is 2.09. The van der Waals surface area contributed by atoms with Gasteiger partial charge in [-0.2, -0.15) is 0 Å². The van der Waals surface area contributed by atoms with Gasteiger partial charge in [0.05, 0.1) is 4.47 Å². The third kappa shape index (κ3) is 1.40. The highest BCUT2D eigenvalue weighted by molar-refractivity contribution is 9.10. The molecule has 1 aromatic heterocycles. The van der Waals surface area contributed by atoms with Crippen molar-refractivity contribution in [3.8, 4) is 0 Å². The Morgan fingerprint density at radius 2 is 2.23 bits per heavy atom. The Hall–Kier alpha value is -0.410. The molecule has 2 aromatic rings. The van der Waals surface area contributed by atoms with Crippen LogP contribution in [-0.4, -0.2) is 0 Å². The summed E-state index contributed by atoms with van der Waals surface area (Å²) in [5.74, 6) is -0.180. The average Bonchev–Trinajstić information content (AvgIpc) is 2.55. The molecule has 0 aliphatic carbocycles. The van der Waals surface area contributed by atoms with E-state index in [0.29, 0.717) is 4.47 Å². The molecule has 1 aromatic carbocycles. The SMILES string of the molecule is CCc1csc2ccc(F)c(Br)c12. The first-order valence-corrected chi connectivity index (χ1v) is 5.75. The second-order valence-electron chi connectivity index (χ2n) is 2.85. The molecule has 0 amide bonds. The van der Waals surface area contributed by atoms with Gasteiger partial charge in [-0.05, 0) is 45.4 Å². The van der Waals surface area contributed by atoms with E-state index in [1.165, 1.54) is 11.6 Å². The highest BCUT2D eigenvalue weighted by Gasteiger charge is 2.09. The van der Waals surface area contributed by atoms with E-state index in [1.54, 1.807) is 11.3 Å². The van der Waals surface area contributed by atoms with Gasteiger partial charge in [-0.15, -0.1) is 11.3 Å². The lowest BCUT2D eigenvalue weighted by Gasteiger charge is -1.98. The summed E-state index contributed by atoms with van der Waals surface area (Å²) in [4.78, 5) is 0. The van der Waals surface area contributed by atoms with Crippen molar-refractivity contribution in [2.75, 3.05) is 0 Å². The first-order valence-electron chi connectivity index (χ1n) is 4.08. The number of fused-ring (bicyclic) bond motifs is 1. The summed E-state index contributed by atoms with van der Waals surface area (Å²) in [6, 6.07) is 3.33. The normalized spacial score (nSPS) is 11.0. The zero-order valence-electron chi connectivity index (χ0n) is 7.10. The summed E-state index contributed by atoms with van der Waals surface area (Å²) >= 11 is 4.95. The largest absolute Gasteiger partial charge is 0.206 e. The van der Waals surface area contributed by atoms with Crippen LogP contribution in [0.2, 0.25) is 0 Å². The monoisotopic (exact) mass is 258 g/mol. The van der Waals surface area contributed by atoms with Crippen LogP contribution < -0.4 is 0 Å². The lowest BCUT2D eigenvalue weighted by molar-refractivity contribution is 0.623. The van der Waals surface area contributed by atoms with E-state index in [2.05, 4.69) is 28.2 Å². The van der Waals surface area contributed by atoms with E-state index in [-0.39, 0.29) is 5.82 Å². The van der Waals surface area contributed by atoms with Crippen LogP contribution in [0.1, 0.15) is 12.5 Å². The van der Waals surface area contributed by atoms with Gasteiger partial charge in [0.25, 0.3) is 0 Å². The van der Waals surface area contributed by atoms with E-state index in [1.807, 2.05) is 6.07 Å². The molecule has 0 bridgehead atoms. The van der Waals surface area contributed by atoms with Crippen molar-refractivity contribution in [2.24, 2.45) is 0 Å². The summed E-state index contributed by atoms with van der Waals surface area (Å²) in [7, 11) is 0. The Balaban J connectivity index is 2.85. The molecule has 1 heterocycles. The number of aryl methyl sites for hydroxylation is 1. The highest BCUT2D eigenvalue weighted by atomic mass is 79.9. The predicted molar refractivity (Wildman–Crippen MR) is 58.9 cm³/mol. The average molecular weight is 259 g/mol. The number of halogens is 2. The minimum Gasteiger partial charge on any atom is -0.206 e.